The van der Waals surface area contributed by atoms with Gasteiger partial charge in [-0.1, -0.05) is 6.07 Å². The molecule has 0 amide bonds. The molecule has 1 saturated heterocycles. The van der Waals surface area contributed by atoms with Crippen LogP contribution in [0.5, 0.6) is 0 Å². The van der Waals surface area contributed by atoms with Gasteiger partial charge in [-0.3, -0.25) is 4.90 Å². The van der Waals surface area contributed by atoms with Crippen LogP contribution < -0.4 is 0 Å². The Labute approximate surface area is 111 Å². The second-order valence-corrected chi connectivity index (χ2v) is 4.89. The van der Waals surface area contributed by atoms with Crippen LogP contribution in [0.2, 0.25) is 0 Å². The maximum absolute atomic E-state index is 13.3. The third kappa shape index (κ3) is 3.75. The van der Waals surface area contributed by atoms with Crippen LogP contribution in [0.15, 0.2) is 18.2 Å². The first-order valence-electron chi connectivity index (χ1n) is 6.42. The van der Waals surface area contributed by atoms with E-state index in [2.05, 4.69) is 4.90 Å². The lowest BCUT2D eigenvalue weighted by molar-refractivity contribution is 0.0664. The van der Waals surface area contributed by atoms with E-state index >= 15 is 0 Å². The molecule has 0 aromatic heterocycles. The van der Waals surface area contributed by atoms with Crippen molar-refractivity contribution < 1.29 is 19.0 Å². The van der Waals surface area contributed by atoms with Crippen LogP contribution in [0, 0.1) is 5.82 Å². The van der Waals surface area contributed by atoms with Gasteiger partial charge in [0, 0.05) is 26.2 Å². The maximum Gasteiger partial charge on any atom is 0.338 e. The Kier molecular flexibility index (Phi) is 4.50. The van der Waals surface area contributed by atoms with Crippen molar-refractivity contribution in [2.75, 3.05) is 19.7 Å². The normalized spacial score (nSPS) is 21.1. The summed E-state index contributed by atoms with van der Waals surface area (Å²) in [6.07, 6.45) is 1.12. The number of ether oxygens (including phenoxy) is 1. The van der Waals surface area contributed by atoms with E-state index in [9.17, 15) is 9.18 Å². The Morgan fingerprint density at radius 3 is 3.11 bits per heavy atom. The summed E-state index contributed by atoms with van der Waals surface area (Å²) in [7, 11) is 0. The van der Waals surface area contributed by atoms with Gasteiger partial charge in [-0.25, -0.2) is 9.18 Å². The fourth-order valence-electron chi connectivity index (χ4n) is 2.32. The molecule has 0 radical (unpaired) electrons. The summed E-state index contributed by atoms with van der Waals surface area (Å²) in [6.45, 7) is 5.10. The summed E-state index contributed by atoms with van der Waals surface area (Å²) in [5.74, 6) is -1.92. The summed E-state index contributed by atoms with van der Waals surface area (Å²) < 4.78 is 18.9. The van der Waals surface area contributed by atoms with Gasteiger partial charge >= 0.3 is 5.97 Å². The third-order valence-electron chi connectivity index (χ3n) is 3.20. The smallest absolute Gasteiger partial charge is 0.338 e. The van der Waals surface area contributed by atoms with Crippen molar-refractivity contribution in [1.29, 1.82) is 0 Å². The molecule has 2 rings (SSSR count). The molecular weight excluding hydrogens is 249 g/mol. The number of halogens is 1. The number of carboxylic acid groups (broad SMARTS) is 1. The zero-order valence-electron chi connectivity index (χ0n) is 10.9. The molecule has 1 aromatic carbocycles. The number of rotatable bonds is 3. The van der Waals surface area contributed by atoms with Gasteiger partial charge in [0.15, 0.2) is 0 Å². The lowest BCUT2D eigenvalue weighted by Crippen LogP contribution is -2.29. The van der Waals surface area contributed by atoms with Gasteiger partial charge in [0.2, 0.25) is 0 Å². The minimum atomic E-state index is -1.23. The molecule has 1 N–H and O–H groups in total. The average Bonchev–Trinajstić information content (AvgIpc) is 2.56. The van der Waals surface area contributed by atoms with Crippen molar-refractivity contribution >= 4 is 5.97 Å². The van der Waals surface area contributed by atoms with E-state index in [1.165, 1.54) is 12.1 Å². The second-order valence-electron chi connectivity index (χ2n) is 4.89. The monoisotopic (exact) mass is 267 g/mol. The number of benzene rings is 1. The molecule has 104 valence electrons. The summed E-state index contributed by atoms with van der Waals surface area (Å²) >= 11 is 0. The van der Waals surface area contributed by atoms with Gasteiger partial charge in [-0.05, 0) is 31.0 Å². The van der Waals surface area contributed by atoms with Gasteiger partial charge in [-0.2, -0.15) is 0 Å². The van der Waals surface area contributed by atoms with Crippen molar-refractivity contribution in [2.24, 2.45) is 0 Å². The molecule has 5 heteroatoms. The Morgan fingerprint density at radius 1 is 1.58 bits per heavy atom. The number of hydrogen-bond acceptors (Lipinski definition) is 3. The zero-order chi connectivity index (χ0) is 13.8. The fourth-order valence-corrected chi connectivity index (χ4v) is 2.32. The molecule has 0 aliphatic carbocycles. The van der Waals surface area contributed by atoms with E-state index in [0.717, 1.165) is 31.7 Å². The van der Waals surface area contributed by atoms with Crippen molar-refractivity contribution in [2.45, 2.75) is 26.0 Å². The lowest BCUT2D eigenvalue weighted by atomic mass is 10.1. The lowest BCUT2D eigenvalue weighted by Gasteiger charge is -2.21. The van der Waals surface area contributed by atoms with E-state index in [1.54, 1.807) is 6.07 Å². The highest BCUT2D eigenvalue weighted by Gasteiger charge is 2.16. The van der Waals surface area contributed by atoms with Gasteiger partial charge in [0.05, 0.1) is 11.7 Å². The first-order valence-corrected chi connectivity index (χ1v) is 6.42. The molecule has 1 aliphatic heterocycles. The molecular formula is C14H18FNO3. The van der Waals surface area contributed by atoms with Crippen molar-refractivity contribution in [3.8, 4) is 0 Å². The van der Waals surface area contributed by atoms with Crippen LogP contribution in [0.3, 0.4) is 0 Å². The molecule has 19 heavy (non-hydrogen) atoms. The number of hydrogen-bond donors (Lipinski definition) is 1. The minimum absolute atomic E-state index is 0.168. The average molecular weight is 267 g/mol. The molecule has 4 nitrogen and oxygen atoms in total. The Morgan fingerprint density at radius 2 is 2.37 bits per heavy atom. The quantitative estimate of drug-likeness (QED) is 0.911. The molecule has 1 atom stereocenters. The molecule has 0 bridgehead atoms. The van der Waals surface area contributed by atoms with E-state index in [4.69, 9.17) is 9.84 Å². The predicted molar refractivity (Wildman–Crippen MR) is 68.7 cm³/mol. The first kappa shape index (κ1) is 14.0. The highest BCUT2D eigenvalue weighted by Crippen LogP contribution is 2.14. The molecule has 1 heterocycles. The van der Waals surface area contributed by atoms with E-state index in [0.29, 0.717) is 6.54 Å². The summed E-state index contributed by atoms with van der Waals surface area (Å²) in [5, 5.41) is 8.91. The standard InChI is InChI=1S/C14H18FNO3/c1-10-8-16(5-2-6-19-10)9-11-3-4-13(15)12(7-11)14(17)18/h3-4,7,10H,2,5-6,8-9H2,1H3,(H,17,18). The van der Waals surface area contributed by atoms with E-state index in [1.807, 2.05) is 6.92 Å². The van der Waals surface area contributed by atoms with E-state index in [-0.39, 0.29) is 11.7 Å². The first-order chi connectivity index (χ1) is 9.06. The number of nitrogens with zero attached hydrogens (tertiary/aromatic N) is 1. The second kappa shape index (κ2) is 6.12. The topological polar surface area (TPSA) is 49.8 Å². The highest BCUT2D eigenvalue weighted by molar-refractivity contribution is 5.88. The molecule has 0 saturated carbocycles. The van der Waals surface area contributed by atoms with Crippen LogP contribution >= 0.6 is 0 Å². The Bertz CT molecular complexity index is 464. The molecule has 1 unspecified atom stereocenters. The van der Waals surface area contributed by atoms with Crippen molar-refractivity contribution in [3.05, 3.63) is 35.1 Å². The zero-order valence-corrected chi connectivity index (χ0v) is 10.9. The third-order valence-corrected chi connectivity index (χ3v) is 3.20. The summed E-state index contributed by atoms with van der Waals surface area (Å²) in [5.41, 5.74) is 0.546. The summed E-state index contributed by atoms with van der Waals surface area (Å²) in [6, 6.07) is 4.27. The molecule has 1 aliphatic rings. The van der Waals surface area contributed by atoms with Crippen LogP contribution in [0.1, 0.15) is 29.3 Å². The van der Waals surface area contributed by atoms with E-state index < -0.39 is 11.8 Å². The van der Waals surface area contributed by atoms with Crippen LogP contribution in [-0.2, 0) is 11.3 Å². The molecule has 0 spiro atoms. The summed E-state index contributed by atoms with van der Waals surface area (Å²) in [4.78, 5) is 13.1. The Balaban J connectivity index is 2.10. The minimum Gasteiger partial charge on any atom is -0.478 e. The molecule has 1 aromatic rings. The van der Waals surface area contributed by atoms with Crippen LogP contribution in [-0.4, -0.2) is 41.8 Å². The largest absolute Gasteiger partial charge is 0.478 e. The van der Waals surface area contributed by atoms with Gasteiger partial charge < -0.3 is 9.84 Å². The predicted octanol–water partition coefficient (Wildman–Crippen LogP) is 2.13. The molecule has 1 fully saturated rings. The van der Waals surface area contributed by atoms with Crippen molar-refractivity contribution in [1.82, 2.24) is 4.90 Å². The number of aromatic carboxylic acids is 1. The van der Waals surface area contributed by atoms with Crippen LogP contribution in [0.4, 0.5) is 4.39 Å². The van der Waals surface area contributed by atoms with Gasteiger partial charge in [0.1, 0.15) is 5.82 Å². The number of carbonyl (C=O) groups is 1. The van der Waals surface area contributed by atoms with Crippen molar-refractivity contribution in [3.63, 3.8) is 0 Å². The van der Waals surface area contributed by atoms with Gasteiger partial charge in [-0.15, -0.1) is 0 Å². The van der Waals surface area contributed by atoms with Crippen LogP contribution in [0.25, 0.3) is 0 Å². The van der Waals surface area contributed by atoms with Gasteiger partial charge in [0.25, 0.3) is 0 Å². The SMILES string of the molecule is CC1CN(Cc2ccc(F)c(C(=O)O)c2)CCCO1. The fraction of sp³-hybridized carbons (Fsp3) is 0.500. The number of carboxylic acids is 1. The highest BCUT2D eigenvalue weighted by atomic mass is 19.1. The maximum atomic E-state index is 13.3. The Hall–Kier alpha value is -1.46.